The Kier molecular flexibility index (Phi) is 5.93. The minimum absolute atomic E-state index is 0.0374. The number of ether oxygens (including phenoxy) is 1. The Morgan fingerprint density at radius 1 is 0.971 bits per heavy atom. The van der Waals surface area contributed by atoms with Crippen molar-refractivity contribution in [1.29, 1.82) is 0 Å². The largest absolute Gasteiger partial charge is 0.503 e. The number of rotatable bonds is 6. The molecule has 3 aromatic carbocycles. The number of para-hydroxylation sites is 1. The monoisotopic (exact) mass is 482 g/mol. The summed E-state index contributed by atoms with van der Waals surface area (Å²) in [6.45, 7) is 1.77. The van der Waals surface area contributed by atoms with Gasteiger partial charge in [0, 0.05) is 11.3 Å². The molecule has 0 bridgehead atoms. The first-order valence-electron chi connectivity index (χ1n) is 11.0. The van der Waals surface area contributed by atoms with Gasteiger partial charge in [0.25, 0.3) is 5.91 Å². The SMILES string of the molecule is COc1ccc(C2C(C(=O)c3sc(-c4ccccc4)nc3C)=C(O)C(=O)N2c2ccccc2)cc1. The van der Waals surface area contributed by atoms with Gasteiger partial charge in [-0.15, -0.1) is 11.3 Å². The molecule has 0 radical (unpaired) electrons. The second-order valence-corrected chi connectivity index (χ2v) is 9.08. The molecule has 2 heterocycles. The molecule has 6 nitrogen and oxygen atoms in total. The molecule has 1 aliphatic heterocycles. The Hall–Kier alpha value is -4.23. The summed E-state index contributed by atoms with van der Waals surface area (Å²) in [5, 5.41) is 11.7. The maximum atomic E-state index is 13.9. The number of thiazole rings is 1. The molecule has 0 saturated carbocycles. The number of hydrogen-bond donors (Lipinski definition) is 1. The summed E-state index contributed by atoms with van der Waals surface area (Å²) in [6.07, 6.45) is 0. The Bertz CT molecular complexity index is 1430. The lowest BCUT2D eigenvalue weighted by Crippen LogP contribution is -2.31. The molecule has 0 fully saturated rings. The number of carbonyl (C=O) groups is 2. The Labute approximate surface area is 206 Å². The number of benzene rings is 3. The molecule has 1 atom stereocenters. The van der Waals surface area contributed by atoms with Gasteiger partial charge in [0.05, 0.1) is 29.3 Å². The molecule has 7 heteroatoms. The fourth-order valence-electron chi connectivity index (χ4n) is 4.23. The number of methoxy groups -OCH3 is 1. The highest BCUT2D eigenvalue weighted by Crippen LogP contribution is 2.43. The third-order valence-electron chi connectivity index (χ3n) is 5.94. The predicted molar refractivity (Wildman–Crippen MR) is 136 cm³/mol. The summed E-state index contributed by atoms with van der Waals surface area (Å²) in [6, 6.07) is 25.0. The second kappa shape index (κ2) is 9.19. The van der Waals surface area contributed by atoms with Crippen LogP contribution in [0.4, 0.5) is 5.69 Å². The maximum absolute atomic E-state index is 13.9. The molecule has 1 amide bonds. The molecular weight excluding hydrogens is 460 g/mol. The first-order chi connectivity index (χ1) is 17.0. The van der Waals surface area contributed by atoms with E-state index < -0.39 is 23.5 Å². The van der Waals surface area contributed by atoms with Crippen molar-refractivity contribution in [3.63, 3.8) is 0 Å². The lowest BCUT2D eigenvalue weighted by molar-refractivity contribution is -0.117. The van der Waals surface area contributed by atoms with Crippen LogP contribution >= 0.6 is 11.3 Å². The number of nitrogens with zero attached hydrogens (tertiary/aromatic N) is 2. The van der Waals surface area contributed by atoms with Gasteiger partial charge in [0.2, 0.25) is 5.78 Å². The first-order valence-corrected chi connectivity index (χ1v) is 11.8. The number of Topliss-reactive ketones (excluding diaryl/α,β-unsaturated/α-hetero) is 1. The lowest BCUT2D eigenvalue weighted by Gasteiger charge is -2.27. The number of aromatic nitrogens is 1. The number of carbonyl (C=O) groups excluding carboxylic acids is 2. The van der Waals surface area contributed by atoms with Gasteiger partial charge in [-0.1, -0.05) is 60.7 Å². The number of aliphatic hydroxyl groups is 1. The molecule has 0 aliphatic carbocycles. The van der Waals surface area contributed by atoms with Crippen LogP contribution in [-0.2, 0) is 4.79 Å². The van der Waals surface area contributed by atoms with Gasteiger partial charge >= 0.3 is 0 Å². The molecule has 1 N–H and O–H groups in total. The number of aliphatic hydroxyl groups excluding tert-OH is 1. The topological polar surface area (TPSA) is 79.7 Å². The van der Waals surface area contributed by atoms with E-state index in [-0.39, 0.29) is 5.57 Å². The molecule has 5 rings (SSSR count). The van der Waals surface area contributed by atoms with Crippen LogP contribution in [0.2, 0.25) is 0 Å². The van der Waals surface area contributed by atoms with Gasteiger partial charge in [-0.25, -0.2) is 4.98 Å². The van der Waals surface area contributed by atoms with Crippen LogP contribution in [0.5, 0.6) is 5.75 Å². The maximum Gasteiger partial charge on any atom is 0.294 e. The normalized spacial score (nSPS) is 15.5. The summed E-state index contributed by atoms with van der Waals surface area (Å²) < 4.78 is 5.27. The molecule has 35 heavy (non-hydrogen) atoms. The van der Waals surface area contributed by atoms with E-state index in [0.717, 1.165) is 5.56 Å². The number of anilines is 1. The average molecular weight is 483 g/mol. The van der Waals surface area contributed by atoms with Crippen LogP contribution in [0, 0.1) is 6.92 Å². The van der Waals surface area contributed by atoms with E-state index in [1.54, 1.807) is 50.4 Å². The van der Waals surface area contributed by atoms with Crippen molar-refractivity contribution < 1.29 is 19.4 Å². The predicted octanol–water partition coefficient (Wildman–Crippen LogP) is 5.91. The van der Waals surface area contributed by atoms with E-state index >= 15 is 0 Å². The molecule has 4 aromatic rings. The van der Waals surface area contributed by atoms with Crippen molar-refractivity contribution in [1.82, 2.24) is 4.98 Å². The summed E-state index contributed by atoms with van der Waals surface area (Å²) in [4.78, 5) is 33.6. The standard InChI is InChI=1S/C28H22N2O4S/c1-17-26(35-27(29-17)19-9-5-3-6-10-19)24(31)22-23(18-13-15-21(34-2)16-14-18)30(28(33)25(22)32)20-11-7-4-8-12-20/h3-16,23,32H,1-2H3. The fourth-order valence-corrected chi connectivity index (χ4v) is 5.25. The number of aryl methyl sites for hydroxylation is 1. The molecule has 1 aromatic heterocycles. The summed E-state index contributed by atoms with van der Waals surface area (Å²) in [5.74, 6) is -0.928. The fraction of sp³-hybridized carbons (Fsp3) is 0.107. The Morgan fingerprint density at radius 2 is 1.60 bits per heavy atom. The van der Waals surface area contributed by atoms with Crippen LogP contribution in [0.3, 0.4) is 0 Å². The van der Waals surface area contributed by atoms with E-state index in [0.29, 0.717) is 32.6 Å². The van der Waals surface area contributed by atoms with Gasteiger partial charge in [-0.2, -0.15) is 0 Å². The average Bonchev–Trinajstić information content (AvgIpc) is 3.42. The Morgan fingerprint density at radius 3 is 2.23 bits per heavy atom. The minimum atomic E-state index is -0.801. The minimum Gasteiger partial charge on any atom is -0.503 e. The highest BCUT2D eigenvalue weighted by molar-refractivity contribution is 7.17. The zero-order valence-corrected chi connectivity index (χ0v) is 20.0. The van der Waals surface area contributed by atoms with Crippen molar-refractivity contribution >= 4 is 28.7 Å². The van der Waals surface area contributed by atoms with Gasteiger partial charge in [0.1, 0.15) is 10.8 Å². The highest BCUT2D eigenvalue weighted by atomic mass is 32.1. The van der Waals surface area contributed by atoms with Gasteiger partial charge < -0.3 is 9.84 Å². The number of hydrogen-bond acceptors (Lipinski definition) is 6. The van der Waals surface area contributed by atoms with Crippen LogP contribution in [0.1, 0.15) is 27.0 Å². The van der Waals surface area contributed by atoms with Crippen molar-refractivity contribution in [3.8, 4) is 16.3 Å². The third-order valence-corrected chi connectivity index (χ3v) is 7.15. The van der Waals surface area contributed by atoms with Crippen LogP contribution in [-0.4, -0.2) is 28.9 Å². The summed E-state index contributed by atoms with van der Waals surface area (Å²) in [7, 11) is 1.57. The molecule has 1 unspecified atom stereocenters. The molecule has 0 spiro atoms. The van der Waals surface area contributed by atoms with Gasteiger partial charge in [-0.05, 0) is 36.8 Å². The van der Waals surface area contributed by atoms with Crippen molar-refractivity contribution in [2.24, 2.45) is 0 Å². The zero-order valence-electron chi connectivity index (χ0n) is 19.1. The number of ketones is 1. The summed E-state index contributed by atoms with van der Waals surface area (Å²) >= 11 is 1.26. The number of amides is 1. The van der Waals surface area contributed by atoms with Crippen LogP contribution in [0.25, 0.3) is 10.6 Å². The van der Waals surface area contributed by atoms with E-state index in [2.05, 4.69) is 4.98 Å². The first kappa shape index (κ1) is 22.6. The second-order valence-electron chi connectivity index (χ2n) is 8.08. The van der Waals surface area contributed by atoms with E-state index in [1.807, 2.05) is 48.5 Å². The van der Waals surface area contributed by atoms with Crippen molar-refractivity contribution in [3.05, 3.63) is 112 Å². The molecule has 1 aliphatic rings. The summed E-state index contributed by atoms with van der Waals surface area (Å²) in [5.41, 5.74) is 2.76. The van der Waals surface area contributed by atoms with Gasteiger partial charge in [-0.3, -0.25) is 14.5 Å². The van der Waals surface area contributed by atoms with Crippen LogP contribution < -0.4 is 9.64 Å². The van der Waals surface area contributed by atoms with E-state index in [1.165, 1.54) is 16.2 Å². The molecular formula is C28H22N2O4S. The Balaban J connectivity index is 1.62. The van der Waals surface area contributed by atoms with Crippen LogP contribution in [0.15, 0.2) is 96.3 Å². The van der Waals surface area contributed by atoms with Crippen molar-refractivity contribution in [2.75, 3.05) is 12.0 Å². The van der Waals surface area contributed by atoms with E-state index in [4.69, 9.17) is 4.74 Å². The van der Waals surface area contributed by atoms with E-state index in [9.17, 15) is 14.7 Å². The highest BCUT2D eigenvalue weighted by Gasteiger charge is 2.45. The third kappa shape index (κ3) is 4.00. The van der Waals surface area contributed by atoms with Crippen molar-refractivity contribution in [2.45, 2.75) is 13.0 Å². The molecule has 174 valence electrons. The quantitative estimate of drug-likeness (QED) is 0.346. The lowest BCUT2D eigenvalue weighted by atomic mass is 9.94. The van der Waals surface area contributed by atoms with Gasteiger partial charge in [0.15, 0.2) is 5.76 Å². The molecule has 0 saturated heterocycles. The smallest absolute Gasteiger partial charge is 0.294 e. The zero-order chi connectivity index (χ0) is 24.5.